The SMILES string of the molecule is CC(O)CCNCc1ccc(Br)cc1. The van der Waals surface area contributed by atoms with E-state index in [0.717, 1.165) is 24.0 Å². The van der Waals surface area contributed by atoms with Crippen LogP contribution in [0.2, 0.25) is 0 Å². The highest BCUT2D eigenvalue weighted by Crippen LogP contribution is 2.10. The van der Waals surface area contributed by atoms with Crippen molar-refractivity contribution in [3.05, 3.63) is 34.3 Å². The van der Waals surface area contributed by atoms with E-state index in [-0.39, 0.29) is 6.10 Å². The molecule has 0 bridgehead atoms. The van der Waals surface area contributed by atoms with E-state index in [1.165, 1.54) is 5.56 Å². The van der Waals surface area contributed by atoms with Gasteiger partial charge in [0.25, 0.3) is 0 Å². The first-order valence-electron chi connectivity index (χ1n) is 4.81. The molecule has 78 valence electrons. The molecule has 0 aliphatic heterocycles. The highest BCUT2D eigenvalue weighted by Gasteiger charge is 1.95. The molecule has 0 saturated heterocycles. The molecule has 1 aromatic rings. The molecular formula is C11H16BrNO. The third-order valence-electron chi connectivity index (χ3n) is 1.98. The Bertz CT molecular complexity index is 258. The molecule has 0 amide bonds. The summed E-state index contributed by atoms with van der Waals surface area (Å²) < 4.78 is 1.10. The monoisotopic (exact) mass is 257 g/mol. The first-order chi connectivity index (χ1) is 6.68. The lowest BCUT2D eigenvalue weighted by Crippen LogP contribution is -2.18. The summed E-state index contributed by atoms with van der Waals surface area (Å²) in [7, 11) is 0. The Hall–Kier alpha value is -0.380. The van der Waals surface area contributed by atoms with Crippen LogP contribution in [0.4, 0.5) is 0 Å². The number of benzene rings is 1. The fourth-order valence-corrected chi connectivity index (χ4v) is 1.41. The van der Waals surface area contributed by atoms with E-state index in [4.69, 9.17) is 5.11 Å². The molecule has 2 N–H and O–H groups in total. The fraction of sp³-hybridized carbons (Fsp3) is 0.455. The summed E-state index contributed by atoms with van der Waals surface area (Å²) in [5.41, 5.74) is 1.26. The molecule has 1 atom stereocenters. The van der Waals surface area contributed by atoms with Crippen LogP contribution in [0.15, 0.2) is 28.7 Å². The van der Waals surface area contributed by atoms with Gasteiger partial charge in [0.05, 0.1) is 6.10 Å². The van der Waals surface area contributed by atoms with Gasteiger partial charge in [0.15, 0.2) is 0 Å². The Morgan fingerprint density at radius 3 is 2.57 bits per heavy atom. The van der Waals surface area contributed by atoms with Crippen molar-refractivity contribution in [2.75, 3.05) is 6.54 Å². The van der Waals surface area contributed by atoms with Gasteiger partial charge >= 0.3 is 0 Å². The van der Waals surface area contributed by atoms with E-state index in [9.17, 15) is 0 Å². The van der Waals surface area contributed by atoms with Crippen LogP contribution < -0.4 is 5.32 Å². The zero-order chi connectivity index (χ0) is 10.4. The van der Waals surface area contributed by atoms with E-state index >= 15 is 0 Å². The molecule has 0 heterocycles. The van der Waals surface area contributed by atoms with Crippen LogP contribution in [-0.4, -0.2) is 17.8 Å². The van der Waals surface area contributed by atoms with Gasteiger partial charge in [-0.05, 0) is 37.6 Å². The van der Waals surface area contributed by atoms with E-state index in [1.807, 2.05) is 12.1 Å². The lowest BCUT2D eigenvalue weighted by molar-refractivity contribution is 0.183. The van der Waals surface area contributed by atoms with Gasteiger partial charge in [-0.1, -0.05) is 28.1 Å². The first-order valence-corrected chi connectivity index (χ1v) is 5.61. The Labute approximate surface area is 93.5 Å². The number of aliphatic hydroxyl groups excluding tert-OH is 1. The van der Waals surface area contributed by atoms with Crippen LogP contribution in [0.3, 0.4) is 0 Å². The second-order valence-corrected chi connectivity index (χ2v) is 4.36. The first kappa shape index (κ1) is 11.7. The third-order valence-corrected chi connectivity index (χ3v) is 2.51. The van der Waals surface area contributed by atoms with Crippen molar-refractivity contribution in [1.82, 2.24) is 5.32 Å². The van der Waals surface area contributed by atoms with Crippen LogP contribution >= 0.6 is 15.9 Å². The standard InChI is InChI=1S/C11H16BrNO/c1-9(14)6-7-13-8-10-2-4-11(12)5-3-10/h2-5,9,13-14H,6-8H2,1H3. The third kappa shape index (κ3) is 4.74. The van der Waals surface area contributed by atoms with Crippen LogP contribution in [0, 0.1) is 0 Å². The minimum atomic E-state index is -0.215. The van der Waals surface area contributed by atoms with E-state index in [2.05, 4.69) is 33.4 Å². The van der Waals surface area contributed by atoms with E-state index in [0.29, 0.717) is 0 Å². The Morgan fingerprint density at radius 1 is 1.36 bits per heavy atom. The van der Waals surface area contributed by atoms with Gasteiger partial charge in [0.2, 0.25) is 0 Å². The smallest absolute Gasteiger partial charge is 0.0524 e. The largest absolute Gasteiger partial charge is 0.393 e. The normalized spacial score (nSPS) is 12.8. The summed E-state index contributed by atoms with van der Waals surface area (Å²) in [5.74, 6) is 0. The predicted octanol–water partition coefficient (Wildman–Crippen LogP) is 2.31. The fourth-order valence-electron chi connectivity index (χ4n) is 1.15. The Morgan fingerprint density at radius 2 is 2.00 bits per heavy atom. The topological polar surface area (TPSA) is 32.3 Å². The summed E-state index contributed by atoms with van der Waals surface area (Å²) in [4.78, 5) is 0. The molecule has 2 nitrogen and oxygen atoms in total. The quantitative estimate of drug-likeness (QED) is 0.794. The minimum absolute atomic E-state index is 0.215. The van der Waals surface area contributed by atoms with E-state index < -0.39 is 0 Å². The molecule has 1 unspecified atom stereocenters. The maximum atomic E-state index is 9.04. The molecule has 1 rings (SSSR count). The van der Waals surface area contributed by atoms with Gasteiger partial charge in [-0.2, -0.15) is 0 Å². The number of hydrogen-bond acceptors (Lipinski definition) is 2. The van der Waals surface area contributed by atoms with Crippen molar-refractivity contribution in [1.29, 1.82) is 0 Å². The summed E-state index contributed by atoms with van der Waals surface area (Å²) in [6.07, 6.45) is 0.587. The van der Waals surface area contributed by atoms with Crippen molar-refractivity contribution in [3.8, 4) is 0 Å². The molecule has 1 aromatic carbocycles. The molecular weight excluding hydrogens is 242 g/mol. The molecule has 0 aromatic heterocycles. The molecule has 0 fully saturated rings. The second kappa shape index (κ2) is 6.17. The van der Waals surface area contributed by atoms with Crippen molar-refractivity contribution in [3.63, 3.8) is 0 Å². The number of hydrogen-bond donors (Lipinski definition) is 2. The van der Waals surface area contributed by atoms with Crippen molar-refractivity contribution < 1.29 is 5.11 Å². The summed E-state index contributed by atoms with van der Waals surface area (Å²) in [6, 6.07) is 8.23. The predicted molar refractivity (Wildman–Crippen MR) is 62.1 cm³/mol. The van der Waals surface area contributed by atoms with Gasteiger partial charge in [0.1, 0.15) is 0 Å². The summed E-state index contributed by atoms with van der Waals surface area (Å²) >= 11 is 3.39. The molecule has 0 saturated carbocycles. The number of nitrogens with one attached hydrogen (secondary N) is 1. The van der Waals surface area contributed by atoms with Crippen LogP contribution in [0.5, 0.6) is 0 Å². The van der Waals surface area contributed by atoms with Crippen LogP contribution in [0.25, 0.3) is 0 Å². The maximum absolute atomic E-state index is 9.04. The highest BCUT2D eigenvalue weighted by atomic mass is 79.9. The van der Waals surface area contributed by atoms with Gasteiger partial charge in [-0.25, -0.2) is 0 Å². The van der Waals surface area contributed by atoms with Crippen LogP contribution in [0.1, 0.15) is 18.9 Å². The van der Waals surface area contributed by atoms with Gasteiger partial charge < -0.3 is 10.4 Å². The Kier molecular flexibility index (Phi) is 5.15. The van der Waals surface area contributed by atoms with Crippen molar-refractivity contribution in [2.45, 2.75) is 26.0 Å². The van der Waals surface area contributed by atoms with Gasteiger partial charge in [-0.15, -0.1) is 0 Å². The number of aliphatic hydroxyl groups is 1. The molecule has 0 aliphatic carbocycles. The lowest BCUT2D eigenvalue weighted by atomic mass is 10.2. The zero-order valence-electron chi connectivity index (χ0n) is 8.33. The number of rotatable bonds is 5. The number of halogens is 1. The average molecular weight is 258 g/mol. The second-order valence-electron chi connectivity index (χ2n) is 3.44. The molecule has 0 spiro atoms. The highest BCUT2D eigenvalue weighted by molar-refractivity contribution is 9.10. The lowest BCUT2D eigenvalue weighted by Gasteiger charge is -2.06. The van der Waals surface area contributed by atoms with Crippen molar-refractivity contribution in [2.24, 2.45) is 0 Å². The molecule has 3 heteroatoms. The van der Waals surface area contributed by atoms with Crippen molar-refractivity contribution >= 4 is 15.9 Å². The average Bonchev–Trinajstić information content (AvgIpc) is 2.15. The summed E-state index contributed by atoms with van der Waals surface area (Å²) in [6.45, 7) is 3.52. The minimum Gasteiger partial charge on any atom is -0.393 e. The molecule has 14 heavy (non-hydrogen) atoms. The molecule has 0 radical (unpaired) electrons. The van der Waals surface area contributed by atoms with Gasteiger partial charge in [0, 0.05) is 11.0 Å². The maximum Gasteiger partial charge on any atom is 0.0524 e. The van der Waals surface area contributed by atoms with Crippen LogP contribution in [-0.2, 0) is 6.54 Å². The Balaban J connectivity index is 2.21. The zero-order valence-corrected chi connectivity index (χ0v) is 9.92. The summed E-state index contributed by atoms with van der Waals surface area (Å²) in [5, 5.41) is 12.3. The van der Waals surface area contributed by atoms with E-state index in [1.54, 1.807) is 6.92 Å². The van der Waals surface area contributed by atoms with Gasteiger partial charge in [-0.3, -0.25) is 0 Å². The molecule has 0 aliphatic rings.